The van der Waals surface area contributed by atoms with E-state index in [0.29, 0.717) is 24.5 Å². The molecule has 0 aliphatic rings. The van der Waals surface area contributed by atoms with Gasteiger partial charge in [-0.3, -0.25) is 4.79 Å². The van der Waals surface area contributed by atoms with Crippen LogP contribution in [0, 0.1) is 0 Å². The van der Waals surface area contributed by atoms with E-state index in [2.05, 4.69) is 5.32 Å². The molecule has 20 heavy (non-hydrogen) atoms. The monoisotopic (exact) mass is 283 g/mol. The van der Waals surface area contributed by atoms with Gasteiger partial charge in [-0.25, -0.2) is 0 Å². The van der Waals surface area contributed by atoms with Crippen LogP contribution in [0.3, 0.4) is 0 Å². The molecule has 1 aromatic rings. The highest BCUT2D eigenvalue weighted by molar-refractivity contribution is 5.73. The average Bonchev–Trinajstić information content (AvgIpc) is 2.45. The number of carboxylic acid groups (broad SMARTS) is 1. The summed E-state index contributed by atoms with van der Waals surface area (Å²) in [5.74, 6) is 0.419. The number of nitrogens with one attached hydrogen (secondary N) is 1. The van der Waals surface area contributed by atoms with E-state index < -0.39 is 12.0 Å². The molecule has 0 fully saturated rings. The fourth-order valence-corrected chi connectivity index (χ4v) is 1.81. The average molecular weight is 283 g/mol. The third kappa shape index (κ3) is 4.71. The first-order valence-corrected chi connectivity index (χ1v) is 6.28. The first kappa shape index (κ1) is 16.3. The Bertz CT molecular complexity index is 436. The first-order valence-electron chi connectivity index (χ1n) is 6.28. The summed E-state index contributed by atoms with van der Waals surface area (Å²) < 4.78 is 15.2. The molecule has 0 aliphatic carbocycles. The quantitative estimate of drug-likeness (QED) is 0.702. The minimum absolute atomic E-state index is 0.140. The number of carboxylic acids is 1. The number of benzene rings is 1. The number of ether oxygens (including phenoxy) is 3. The summed E-state index contributed by atoms with van der Waals surface area (Å²) in [5.41, 5.74) is 1.04. The molecule has 6 heteroatoms. The Labute approximate surface area is 118 Å². The van der Waals surface area contributed by atoms with Crippen molar-refractivity contribution in [3.63, 3.8) is 0 Å². The Hall–Kier alpha value is -1.79. The van der Waals surface area contributed by atoms with Gasteiger partial charge in [0, 0.05) is 13.7 Å². The lowest BCUT2D eigenvalue weighted by atomic mass is 10.1. The highest BCUT2D eigenvalue weighted by atomic mass is 16.5. The van der Waals surface area contributed by atoms with Crippen molar-refractivity contribution >= 4 is 5.97 Å². The molecule has 112 valence electrons. The van der Waals surface area contributed by atoms with Gasteiger partial charge in [0.05, 0.1) is 20.8 Å². The molecular weight excluding hydrogens is 262 g/mol. The zero-order chi connectivity index (χ0) is 15.0. The number of hydrogen-bond acceptors (Lipinski definition) is 5. The Morgan fingerprint density at radius 1 is 1.25 bits per heavy atom. The van der Waals surface area contributed by atoms with Crippen LogP contribution in [-0.2, 0) is 16.0 Å². The van der Waals surface area contributed by atoms with E-state index in [1.54, 1.807) is 14.2 Å². The van der Waals surface area contributed by atoms with Gasteiger partial charge in [-0.15, -0.1) is 0 Å². The maximum Gasteiger partial charge on any atom is 0.323 e. The maximum atomic E-state index is 10.9. The molecule has 0 bridgehead atoms. The van der Waals surface area contributed by atoms with Crippen LogP contribution in [0.4, 0.5) is 0 Å². The molecule has 6 nitrogen and oxygen atoms in total. The highest BCUT2D eigenvalue weighted by Crippen LogP contribution is 2.27. The fraction of sp³-hybridized carbons (Fsp3) is 0.500. The molecule has 0 spiro atoms. The second-order valence-corrected chi connectivity index (χ2v) is 4.24. The van der Waals surface area contributed by atoms with E-state index in [-0.39, 0.29) is 6.61 Å². The standard InChI is InChI=1S/C14H21NO5/c1-18-9-11(14(16)17)15-7-6-10-4-5-12(19-2)13(8-10)20-3/h4-5,8,11,15H,6-7,9H2,1-3H3,(H,16,17). The molecule has 1 unspecified atom stereocenters. The zero-order valence-corrected chi connectivity index (χ0v) is 12.0. The van der Waals surface area contributed by atoms with Crippen molar-refractivity contribution in [1.29, 1.82) is 0 Å². The molecule has 0 saturated heterocycles. The molecule has 1 aromatic carbocycles. The van der Waals surface area contributed by atoms with Crippen molar-refractivity contribution in [2.75, 3.05) is 34.5 Å². The fourth-order valence-electron chi connectivity index (χ4n) is 1.81. The van der Waals surface area contributed by atoms with Gasteiger partial charge in [-0.1, -0.05) is 6.07 Å². The van der Waals surface area contributed by atoms with Crippen molar-refractivity contribution in [1.82, 2.24) is 5.32 Å². The largest absolute Gasteiger partial charge is 0.493 e. The first-order chi connectivity index (χ1) is 9.62. The predicted molar refractivity (Wildman–Crippen MR) is 74.6 cm³/mol. The lowest BCUT2D eigenvalue weighted by Gasteiger charge is -2.14. The number of carbonyl (C=O) groups is 1. The SMILES string of the molecule is COCC(NCCc1ccc(OC)c(OC)c1)C(=O)O. The topological polar surface area (TPSA) is 77.0 Å². The van der Waals surface area contributed by atoms with Gasteiger partial charge in [-0.05, 0) is 24.1 Å². The van der Waals surface area contributed by atoms with Crippen LogP contribution in [0.1, 0.15) is 5.56 Å². The minimum atomic E-state index is -0.917. The molecule has 2 N–H and O–H groups in total. The van der Waals surface area contributed by atoms with E-state index in [0.717, 1.165) is 5.56 Å². The second kappa shape index (κ2) is 8.39. The van der Waals surface area contributed by atoms with E-state index in [4.69, 9.17) is 19.3 Å². The van der Waals surface area contributed by atoms with Crippen molar-refractivity contribution in [3.05, 3.63) is 23.8 Å². The molecule has 1 atom stereocenters. The Morgan fingerprint density at radius 3 is 2.50 bits per heavy atom. The Balaban J connectivity index is 2.55. The highest BCUT2D eigenvalue weighted by Gasteiger charge is 2.15. The third-order valence-electron chi connectivity index (χ3n) is 2.88. The summed E-state index contributed by atoms with van der Waals surface area (Å²) in [7, 11) is 4.65. The molecule has 0 amide bonds. The van der Waals surface area contributed by atoms with Gasteiger partial charge in [0.1, 0.15) is 6.04 Å². The normalized spacial score (nSPS) is 11.9. The van der Waals surface area contributed by atoms with E-state index >= 15 is 0 Å². The molecule has 0 aromatic heterocycles. The number of aliphatic carboxylic acids is 1. The summed E-state index contributed by atoms with van der Waals surface area (Å²) in [5, 5.41) is 11.9. The molecule has 0 saturated carbocycles. The van der Waals surface area contributed by atoms with Crippen molar-refractivity contribution < 1.29 is 24.1 Å². The van der Waals surface area contributed by atoms with Gasteiger partial charge < -0.3 is 24.6 Å². The van der Waals surface area contributed by atoms with Gasteiger partial charge in [0.15, 0.2) is 11.5 Å². The molecule has 1 rings (SSSR count). The van der Waals surface area contributed by atoms with E-state index in [9.17, 15) is 4.79 Å². The zero-order valence-electron chi connectivity index (χ0n) is 12.0. The van der Waals surface area contributed by atoms with Crippen LogP contribution in [0.25, 0.3) is 0 Å². The summed E-state index contributed by atoms with van der Waals surface area (Å²) in [6, 6.07) is 4.94. The molecule has 0 aliphatic heterocycles. The van der Waals surface area contributed by atoms with Crippen molar-refractivity contribution in [2.45, 2.75) is 12.5 Å². The number of rotatable bonds is 9. The van der Waals surface area contributed by atoms with Gasteiger partial charge >= 0.3 is 5.97 Å². The van der Waals surface area contributed by atoms with Crippen LogP contribution in [0.5, 0.6) is 11.5 Å². The van der Waals surface area contributed by atoms with E-state index in [1.165, 1.54) is 7.11 Å². The van der Waals surface area contributed by atoms with Crippen LogP contribution in [0.15, 0.2) is 18.2 Å². The van der Waals surface area contributed by atoms with Crippen LogP contribution in [-0.4, -0.2) is 51.6 Å². The molecule has 0 heterocycles. The van der Waals surface area contributed by atoms with Gasteiger partial charge in [0.2, 0.25) is 0 Å². The molecular formula is C14H21NO5. The summed E-state index contributed by atoms with van der Waals surface area (Å²) in [4.78, 5) is 10.9. The summed E-state index contributed by atoms with van der Waals surface area (Å²) >= 11 is 0. The Morgan fingerprint density at radius 2 is 1.95 bits per heavy atom. The Kier molecular flexibility index (Phi) is 6.83. The summed E-state index contributed by atoms with van der Waals surface area (Å²) in [6.07, 6.45) is 0.688. The number of hydrogen-bond donors (Lipinski definition) is 2. The van der Waals surface area contributed by atoms with Crippen molar-refractivity contribution in [3.8, 4) is 11.5 Å². The second-order valence-electron chi connectivity index (χ2n) is 4.24. The van der Waals surface area contributed by atoms with Gasteiger partial charge in [-0.2, -0.15) is 0 Å². The van der Waals surface area contributed by atoms with Crippen LogP contribution in [0.2, 0.25) is 0 Å². The van der Waals surface area contributed by atoms with Crippen LogP contribution < -0.4 is 14.8 Å². The summed E-state index contributed by atoms with van der Waals surface area (Å²) in [6.45, 7) is 0.678. The lowest BCUT2D eigenvalue weighted by molar-refractivity contribution is -0.140. The number of methoxy groups -OCH3 is 3. The smallest absolute Gasteiger partial charge is 0.323 e. The van der Waals surface area contributed by atoms with E-state index in [1.807, 2.05) is 18.2 Å². The van der Waals surface area contributed by atoms with Gasteiger partial charge in [0.25, 0.3) is 0 Å². The van der Waals surface area contributed by atoms with Crippen molar-refractivity contribution in [2.24, 2.45) is 0 Å². The minimum Gasteiger partial charge on any atom is -0.493 e. The lowest BCUT2D eigenvalue weighted by Crippen LogP contribution is -2.41. The third-order valence-corrected chi connectivity index (χ3v) is 2.88. The molecule has 0 radical (unpaired) electrons. The van der Waals surface area contributed by atoms with Crippen LogP contribution >= 0.6 is 0 Å². The maximum absolute atomic E-state index is 10.9. The predicted octanol–water partition coefficient (Wildman–Crippen LogP) is 0.935.